The zero-order valence-electron chi connectivity index (χ0n) is 24.0. The molecule has 1 aromatic carbocycles. The highest BCUT2D eigenvalue weighted by Gasteiger charge is 2.37. The van der Waals surface area contributed by atoms with Crippen LogP contribution in [0.25, 0.3) is 0 Å². The Morgan fingerprint density at radius 3 is 1.63 bits per heavy atom. The Kier molecular flexibility index (Phi) is 7.88. The van der Waals surface area contributed by atoms with Crippen LogP contribution < -0.4 is 38.4 Å². The SMILES string of the molecule is CC1=C(C(=O)Nc2cc(=O)n(C)c(=O)n2C)C(c2cccc([N+](=O)[O-])c2)C(C(=O)Nc2cc(=O)n(C)c(=O)n2C)=C(C)N1. The summed E-state index contributed by atoms with van der Waals surface area (Å²) >= 11 is 0. The van der Waals surface area contributed by atoms with E-state index >= 15 is 0 Å². The van der Waals surface area contributed by atoms with Crippen LogP contribution in [-0.4, -0.2) is 35.0 Å². The average Bonchev–Trinajstić information content (AvgIpc) is 2.95. The number of nitrogens with zero attached hydrogens (tertiary/aromatic N) is 5. The summed E-state index contributed by atoms with van der Waals surface area (Å²) in [7, 11) is 5.27. The molecule has 0 radical (unpaired) electrons. The molecule has 3 N–H and O–H groups in total. The van der Waals surface area contributed by atoms with Crippen LogP contribution in [0.15, 0.2) is 78.1 Å². The number of non-ortho nitro benzene ring substituents is 1. The van der Waals surface area contributed by atoms with Crippen molar-refractivity contribution < 1.29 is 14.5 Å². The molecule has 16 heteroatoms. The van der Waals surface area contributed by atoms with Crippen molar-refractivity contribution in [3.63, 3.8) is 0 Å². The van der Waals surface area contributed by atoms with Gasteiger partial charge in [-0.1, -0.05) is 12.1 Å². The fourth-order valence-electron chi connectivity index (χ4n) is 4.82. The number of hydrogen-bond donors (Lipinski definition) is 3. The summed E-state index contributed by atoms with van der Waals surface area (Å²) in [4.78, 5) is 88.1. The van der Waals surface area contributed by atoms with E-state index in [0.717, 1.165) is 30.4 Å². The molecule has 3 aromatic rings. The van der Waals surface area contributed by atoms with Gasteiger partial charge in [0.2, 0.25) is 0 Å². The number of dihydropyridines is 1. The summed E-state index contributed by atoms with van der Waals surface area (Å²) in [6.45, 7) is 3.12. The summed E-state index contributed by atoms with van der Waals surface area (Å²) in [6.07, 6.45) is 0. The van der Waals surface area contributed by atoms with Gasteiger partial charge < -0.3 is 16.0 Å². The van der Waals surface area contributed by atoms with E-state index in [1.165, 1.54) is 52.5 Å². The highest BCUT2D eigenvalue weighted by atomic mass is 16.6. The second kappa shape index (κ2) is 11.2. The summed E-state index contributed by atoms with van der Waals surface area (Å²) in [5.41, 5.74) is -2.32. The predicted molar refractivity (Wildman–Crippen MR) is 155 cm³/mol. The molecule has 0 saturated heterocycles. The number of hydrogen-bond acceptors (Lipinski definition) is 9. The lowest BCUT2D eigenvalue weighted by Gasteiger charge is -2.31. The predicted octanol–water partition coefficient (Wildman–Crippen LogP) is -0.0982. The summed E-state index contributed by atoms with van der Waals surface area (Å²) < 4.78 is 3.82. The Bertz CT molecular complexity index is 1910. The molecule has 16 nitrogen and oxygen atoms in total. The molecule has 1 aliphatic heterocycles. The third kappa shape index (κ3) is 5.44. The molecule has 0 fully saturated rings. The first-order chi connectivity index (χ1) is 20.1. The third-order valence-electron chi connectivity index (χ3n) is 7.20. The summed E-state index contributed by atoms with van der Waals surface area (Å²) in [5, 5.41) is 19.7. The van der Waals surface area contributed by atoms with Crippen molar-refractivity contribution in [3.05, 3.63) is 116 Å². The van der Waals surface area contributed by atoms with E-state index in [1.807, 2.05) is 0 Å². The highest BCUT2D eigenvalue weighted by Crippen LogP contribution is 2.40. The maximum absolute atomic E-state index is 13.8. The van der Waals surface area contributed by atoms with Gasteiger partial charge in [-0.15, -0.1) is 0 Å². The van der Waals surface area contributed by atoms with Crippen molar-refractivity contribution in [2.45, 2.75) is 19.8 Å². The van der Waals surface area contributed by atoms with E-state index in [1.54, 1.807) is 13.8 Å². The first-order valence-electron chi connectivity index (χ1n) is 12.7. The van der Waals surface area contributed by atoms with Crippen LogP contribution in [0.2, 0.25) is 0 Å². The average molecular weight is 593 g/mol. The molecule has 0 unspecified atom stereocenters. The number of amides is 2. The van der Waals surface area contributed by atoms with Gasteiger partial charge in [0.25, 0.3) is 28.6 Å². The lowest BCUT2D eigenvalue weighted by Crippen LogP contribution is -2.40. The molecule has 2 aromatic heterocycles. The highest BCUT2D eigenvalue weighted by molar-refractivity contribution is 6.11. The number of nitro groups is 1. The number of allylic oxidation sites excluding steroid dienone is 2. The minimum absolute atomic E-state index is 0.0396. The lowest BCUT2D eigenvalue weighted by atomic mass is 9.79. The number of rotatable bonds is 6. The van der Waals surface area contributed by atoms with Crippen LogP contribution in [0.3, 0.4) is 0 Å². The van der Waals surface area contributed by atoms with Crippen molar-refractivity contribution in [3.8, 4) is 0 Å². The maximum Gasteiger partial charge on any atom is 0.332 e. The molecule has 224 valence electrons. The van der Waals surface area contributed by atoms with E-state index in [-0.39, 0.29) is 45.4 Å². The standard InChI is InChI=1S/C27H28N8O8/c1-13-21(24(38)29-17-11-19(36)33(5)26(40)31(17)3)23(15-8-7-9-16(10-15)35(42)43)22(14(2)28-13)25(39)30-18-12-20(37)34(6)27(41)32(18)4/h7-12,23,28H,1-6H3,(H,29,38)(H,30,39). The van der Waals surface area contributed by atoms with E-state index < -0.39 is 45.2 Å². The van der Waals surface area contributed by atoms with E-state index in [4.69, 9.17) is 0 Å². The van der Waals surface area contributed by atoms with E-state index in [2.05, 4.69) is 16.0 Å². The molecule has 1 aliphatic rings. The van der Waals surface area contributed by atoms with E-state index in [0.29, 0.717) is 0 Å². The Morgan fingerprint density at radius 2 is 1.21 bits per heavy atom. The number of aromatic nitrogens is 4. The largest absolute Gasteiger partial charge is 0.362 e. The zero-order chi connectivity index (χ0) is 31.9. The van der Waals surface area contributed by atoms with Crippen LogP contribution >= 0.6 is 0 Å². The molecule has 0 atom stereocenters. The van der Waals surface area contributed by atoms with Crippen molar-refractivity contribution in [2.24, 2.45) is 28.2 Å². The van der Waals surface area contributed by atoms with Gasteiger partial charge in [-0.05, 0) is 19.4 Å². The number of carbonyl (C=O) groups excluding carboxylic acids is 2. The van der Waals surface area contributed by atoms with Gasteiger partial charge in [0.1, 0.15) is 11.6 Å². The molecule has 0 aliphatic carbocycles. The number of carbonyl (C=O) groups is 2. The van der Waals surface area contributed by atoms with Crippen molar-refractivity contribution >= 4 is 29.1 Å². The Labute approximate surface area is 242 Å². The molecular weight excluding hydrogens is 564 g/mol. The first kappa shape index (κ1) is 30.2. The fourth-order valence-corrected chi connectivity index (χ4v) is 4.82. The van der Waals surface area contributed by atoms with Gasteiger partial charge in [-0.2, -0.15) is 0 Å². The van der Waals surface area contributed by atoms with Crippen LogP contribution in [-0.2, 0) is 37.8 Å². The van der Waals surface area contributed by atoms with Gasteiger partial charge in [-0.25, -0.2) is 9.59 Å². The second-order valence-electron chi connectivity index (χ2n) is 9.93. The lowest BCUT2D eigenvalue weighted by molar-refractivity contribution is -0.384. The van der Waals surface area contributed by atoms with Gasteiger partial charge in [0.15, 0.2) is 0 Å². The topological polar surface area (TPSA) is 201 Å². The minimum Gasteiger partial charge on any atom is -0.362 e. The smallest absolute Gasteiger partial charge is 0.332 e. The zero-order valence-corrected chi connectivity index (χ0v) is 24.0. The minimum atomic E-state index is -1.20. The number of nitro benzene ring substituents is 1. The quantitative estimate of drug-likeness (QED) is 0.258. The Balaban J connectivity index is 1.88. The number of anilines is 2. The Morgan fingerprint density at radius 1 is 0.767 bits per heavy atom. The number of nitrogens with one attached hydrogen (secondary N) is 3. The molecule has 2 amide bonds. The Hall–Kier alpha value is -5.80. The molecule has 0 saturated carbocycles. The maximum atomic E-state index is 13.8. The summed E-state index contributed by atoms with van der Waals surface area (Å²) in [5.74, 6) is -3.05. The van der Waals surface area contributed by atoms with Crippen molar-refractivity contribution in [1.82, 2.24) is 23.6 Å². The molecule has 0 spiro atoms. The van der Waals surface area contributed by atoms with Crippen LogP contribution in [0.4, 0.5) is 17.3 Å². The van der Waals surface area contributed by atoms with Crippen molar-refractivity contribution in [2.75, 3.05) is 10.6 Å². The summed E-state index contributed by atoms with van der Waals surface area (Å²) in [6, 6.07) is 7.49. The molecular formula is C27H28N8O8. The van der Waals surface area contributed by atoms with Crippen molar-refractivity contribution in [1.29, 1.82) is 0 Å². The van der Waals surface area contributed by atoms with E-state index in [9.17, 15) is 38.9 Å². The molecule has 4 rings (SSSR count). The second-order valence-corrected chi connectivity index (χ2v) is 9.93. The first-order valence-corrected chi connectivity index (χ1v) is 12.7. The van der Waals surface area contributed by atoms with Crippen LogP contribution in [0, 0.1) is 10.1 Å². The molecule has 0 bridgehead atoms. The monoisotopic (exact) mass is 592 g/mol. The van der Waals surface area contributed by atoms with Gasteiger partial charge >= 0.3 is 11.4 Å². The van der Waals surface area contributed by atoms with Gasteiger partial charge in [0.05, 0.1) is 4.92 Å². The molecule has 3 heterocycles. The van der Waals surface area contributed by atoms with Crippen LogP contribution in [0.1, 0.15) is 25.3 Å². The molecule has 43 heavy (non-hydrogen) atoms. The fraction of sp³-hybridized carbons (Fsp3) is 0.259. The number of benzene rings is 1. The van der Waals surface area contributed by atoms with Gasteiger partial charge in [-0.3, -0.25) is 47.6 Å². The van der Waals surface area contributed by atoms with Gasteiger partial charge in [0, 0.05) is 80.9 Å². The van der Waals surface area contributed by atoms with Crippen LogP contribution in [0.5, 0.6) is 0 Å². The third-order valence-corrected chi connectivity index (χ3v) is 7.20. The normalized spacial score (nSPS) is 13.5.